The lowest BCUT2D eigenvalue weighted by molar-refractivity contribution is 0.259. The molecule has 0 aliphatic carbocycles. The third kappa shape index (κ3) is 2.17. The van der Waals surface area contributed by atoms with Crippen molar-refractivity contribution in [3.8, 4) is 0 Å². The van der Waals surface area contributed by atoms with Gasteiger partial charge in [-0.3, -0.25) is 0 Å². The van der Waals surface area contributed by atoms with Crippen LogP contribution in [0.3, 0.4) is 0 Å². The zero-order valence-electron chi connectivity index (χ0n) is 7.74. The Labute approximate surface area is 69.8 Å². The van der Waals surface area contributed by atoms with Crippen molar-refractivity contribution in [2.24, 2.45) is 5.41 Å². The fraction of sp³-hybridized carbons (Fsp3) is 1.00. The zero-order chi connectivity index (χ0) is 8.16. The Balaban J connectivity index is 2.49. The molecule has 0 amide bonds. The van der Waals surface area contributed by atoms with Gasteiger partial charge in [-0.15, -0.1) is 0 Å². The lowest BCUT2D eigenvalue weighted by Crippen LogP contribution is -2.36. The second-order valence-corrected chi connectivity index (χ2v) is 3.56. The van der Waals surface area contributed by atoms with Crippen molar-refractivity contribution in [3.05, 3.63) is 0 Å². The van der Waals surface area contributed by atoms with Crippen molar-refractivity contribution in [1.82, 2.24) is 10.6 Å². The van der Waals surface area contributed by atoms with E-state index in [2.05, 4.69) is 24.5 Å². The highest BCUT2D eigenvalue weighted by Gasteiger charge is 2.26. The highest BCUT2D eigenvalue weighted by Crippen LogP contribution is 2.24. The van der Waals surface area contributed by atoms with Gasteiger partial charge in [0, 0.05) is 26.2 Å². The predicted molar refractivity (Wildman–Crippen MR) is 48.8 cm³/mol. The van der Waals surface area contributed by atoms with Crippen LogP contribution in [0.5, 0.6) is 0 Å². The van der Waals surface area contributed by atoms with Gasteiger partial charge in [-0.05, 0) is 18.3 Å². The largest absolute Gasteiger partial charge is 0.315 e. The molecule has 1 aliphatic heterocycles. The van der Waals surface area contributed by atoms with E-state index in [1.54, 1.807) is 0 Å². The highest BCUT2D eigenvalue weighted by molar-refractivity contribution is 4.83. The Morgan fingerprint density at radius 1 is 1.00 bits per heavy atom. The first kappa shape index (κ1) is 9.01. The Bertz CT molecular complexity index is 98.1. The van der Waals surface area contributed by atoms with Crippen LogP contribution < -0.4 is 10.6 Å². The number of rotatable bonds is 2. The Morgan fingerprint density at radius 2 is 1.45 bits per heavy atom. The van der Waals surface area contributed by atoms with E-state index in [-0.39, 0.29) is 0 Å². The van der Waals surface area contributed by atoms with E-state index in [9.17, 15) is 0 Å². The lowest BCUT2D eigenvalue weighted by atomic mass is 9.82. The van der Waals surface area contributed by atoms with E-state index in [1.165, 1.54) is 25.9 Å². The molecule has 0 atom stereocenters. The fourth-order valence-electron chi connectivity index (χ4n) is 1.70. The van der Waals surface area contributed by atoms with Crippen LogP contribution in [0.25, 0.3) is 0 Å². The van der Waals surface area contributed by atoms with E-state index in [0.717, 1.165) is 13.1 Å². The summed E-state index contributed by atoms with van der Waals surface area (Å²) >= 11 is 0. The molecular formula is C9H20N2. The molecule has 0 aromatic heterocycles. The van der Waals surface area contributed by atoms with Crippen LogP contribution in [-0.2, 0) is 0 Å². The molecule has 2 heteroatoms. The van der Waals surface area contributed by atoms with Gasteiger partial charge in [0.2, 0.25) is 0 Å². The topological polar surface area (TPSA) is 24.1 Å². The Morgan fingerprint density at radius 3 is 1.82 bits per heavy atom. The van der Waals surface area contributed by atoms with E-state index in [4.69, 9.17) is 0 Å². The standard InChI is InChI=1S/C9H20N2/c1-3-9(4-2)7-10-5-6-11-8-9/h10-11H,3-8H2,1-2H3. The summed E-state index contributed by atoms with van der Waals surface area (Å²) in [6.45, 7) is 9.21. The van der Waals surface area contributed by atoms with Crippen molar-refractivity contribution in [1.29, 1.82) is 0 Å². The molecule has 1 fully saturated rings. The van der Waals surface area contributed by atoms with Crippen molar-refractivity contribution in [3.63, 3.8) is 0 Å². The van der Waals surface area contributed by atoms with Crippen molar-refractivity contribution < 1.29 is 0 Å². The van der Waals surface area contributed by atoms with E-state index in [1.807, 2.05) is 0 Å². The van der Waals surface area contributed by atoms with E-state index in [0.29, 0.717) is 5.41 Å². The third-order valence-corrected chi connectivity index (χ3v) is 2.98. The molecule has 1 rings (SSSR count). The van der Waals surface area contributed by atoms with Gasteiger partial charge in [-0.2, -0.15) is 0 Å². The first-order chi connectivity index (χ1) is 5.33. The molecule has 0 aromatic rings. The van der Waals surface area contributed by atoms with Crippen LogP contribution in [0.2, 0.25) is 0 Å². The smallest absolute Gasteiger partial charge is 0.00769 e. The summed E-state index contributed by atoms with van der Waals surface area (Å²) < 4.78 is 0. The summed E-state index contributed by atoms with van der Waals surface area (Å²) in [5.74, 6) is 0. The second kappa shape index (κ2) is 4.07. The van der Waals surface area contributed by atoms with Crippen molar-refractivity contribution in [2.45, 2.75) is 26.7 Å². The van der Waals surface area contributed by atoms with Crippen LogP contribution in [-0.4, -0.2) is 26.2 Å². The molecule has 11 heavy (non-hydrogen) atoms. The van der Waals surface area contributed by atoms with Gasteiger partial charge >= 0.3 is 0 Å². The first-order valence-corrected chi connectivity index (χ1v) is 4.74. The minimum absolute atomic E-state index is 0.524. The lowest BCUT2D eigenvalue weighted by Gasteiger charge is -2.29. The van der Waals surface area contributed by atoms with E-state index >= 15 is 0 Å². The quantitative estimate of drug-likeness (QED) is 0.623. The van der Waals surface area contributed by atoms with Gasteiger partial charge in [-0.1, -0.05) is 13.8 Å². The monoisotopic (exact) mass is 156 g/mol. The summed E-state index contributed by atoms with van der Waals surface area (Å²) in [7, 11) is 0. The molecule has 0 bridgehead atoms. The van der Waals surface area contributed by atoms with Gasteiger partial charge in [0.1, 0.15) is 0 Å². The van der Waals surface area contributed by atoms with Crippen molar-refractivity contribution in [2.75, 3.05) is 26.2 Å². The average Bonchev–Trinajstić information content (AvgIpc) is 2.30. The molecule has 2 N–H and O–H groups in total. The summed E-state index contributed by atoms with van der Waals surface area (Å²) in [6.07, 6.45) is 2.56. The number of hydrogen-bond acceptors (Lipinski definition) is 2. The van der Waals surface area contributed by atoms with Crippen LogP contribution in [0.1, 0.15) is 26.7 Å². The van der Waals surface area contributed by atoms with Crippen LogP contribution in [0.15, 0.2) is 0 Å². The molecule has 1 saturated heterocycles. The minimum Gasteiger partial charge on any atom is -0.315 e. The van der Waals surface area contributed by atoms with Crippen LogP contribution >= 0.6 is 0 Å². The van der Waals surface area contributed by atoms with Gasteiger partial charge in [0.05, 0.1) is 0 Å². The SMILES string of the molecule is CCC1(CC)CNCCNC1. The molecule has 1 aliphatic rings. The normalized spacial score (nSPS) is 24.5. The maximum absolute atomic E-state index is 3.48. The summed E-state index contributed by atoms with van der Waals surface area (Å²) in [4.78, 5) is 0. The Hall–Kier alpha value is -0.0800. The number of hydrogen-bond donors (Lipinski definition) is 2. The zero-order valence-corrected chi connectivity index (χ0v) is 7.74. The van der Waals surface area contributed by atoms with Gasteiger partial charge < -0.3 is 10.6 Å². The molecule has 1 heterocycles. The van der Waals surface area contributed by atoms with E-state index < -0.39 is 0 Å². The highest BCUT2D eigenvalue weighted by atomic mass is 15.0. The molecule has 0 spiro atoms. The molecule has 0 radical (unpaired) electrons. The van der Waals surface area contributed by atoms with Crippen molar-refractivity contribution >= 4 is 0 Å². The van der Waals surface area contributed by atoms with Gasteiger partial charge in [0.15, 0.2) is 0 Å². The molecule has 66 valence electrons. The fourth-order valence-corrected chi connectivity index (χ4v) is 1.70. The first-order valence-electron chi connectivity index (χ1n) is 4.74. The summed E-state index contributed by atoms with van der Waals surface area (Å²) in [6, 6.07) is 0. The average molecular weight is 156 g/mol. The van der Waals surface area contributed by atoms with Crippen LogP contribution in [0.4, 0.5) is 0 Å². The molecule has 0 unspecified atom stereocenters. The molecule has 0 saturated carbocycles. The third-order valence-electron chi connectivity index (χ3n) is 2.98. The maximum Gasteiger partial charge on any atom is 0.00769 e. The van der Waals surface area contributed by atoms with Crippen LogP contribution in [0, 0.1) is 5.41 Å². The second-order valence-electron chi connectivity index (χ2n) is 3.56. The van der Waals surface area contributed by atoms with Gasteiger partial charge in [0.25, 0.3) is 0 Å². The maximum atomic E-state index is 3.48. The summed E-state index contributed by atoms with van der Waals surface area (Å²) in [5, 5.41) is 6.96. The summed E-state index contributed by atoms with van der Waals surface area (Å²) in [5.41, 5.74) is 0.524. The number of nitrogens with one attached hydrogen (secondary N) is 2. The predicted octanol–water partition coefficient (Wildman–Crippen LogP) is 0.986. The van der Waals surface area contributed by atoms with Gasteiger partial charge in [-0.25, -0.2) is 0 Å². The Kier molecular flexibility index (Phi) is 3.34. The minimum atomic E-state index is 0.524. The molecule has 2 nitrogen and oxygen atoms in total. The molecular weight excluding hydrogens is 136 g/mol. The molecule has 0 aromatic carbocycles.